The normalized spacial score (nSPS) is 10.0. The Balaban J connectivity index is 2.00. The zero-order valence-corrected chi connectivity index (χ0v) is 9.07. The zero-order chi connectivity index (χ0) is 11.4. The van der Waals surface area contributed by atoms with Crippen molar-refractivity contribution in [1.82, 2.24) is 9.59 Å². The van der Waals surface area contributed by atoms with Crippen molar-refractivity contribution in [3.63, 3.8) is 0 Å². The van der Waals surface area contributed by atoms with E-state index in [0.29, 0.717) is 10.6 Å². The Morgan fingerprint density at radius 2 is 2.25 bits per heavy atom. The fraction of sp³-hybridized carbons (Fsp3) is 0.100. The largest absolute Gasteiger partial charge is 0.508 e. The number of phenols is 1. The number of anilines is 1. The Bertz CT molecular complexity index is 485. The van der Waals surface area contributed by atoms with Crippen molar-refractivity contribution in [3.05, 3.63) is 36.0 Å². The summed E-state index contributed by atoms with van der Waals surface area (Å²) in [6.07, 6.45) is 1.61. The van der Waals surface area contributed by atoms with Gasteiger partial charge >= 0.3 is 0 Å². The van der Waals surface area contributed by atoms with E-state index in [0.717, 1.165) is 11.5 Å². The van der Waals surface area contributed by atoms with Crippen LogP contribution in [0, 0.1) is 0 Å². The van der Waals surface area contributed by atoms with Crippen LogP contribution in [-0.4, -0.2) is 20.6 Å². The molecule has 5 nitrogen and oxygen atoms in total. The van der Waals surface area contributed by atoms with Crippen LogP contribution < -0.4 is 5.32 Å². The molecule has 6 heteroatoms. The van der Waals surface area contributed by atoms with Gasteiger partial charge in [-0.15, -0.1) is 5.10 Å². The molecule has 2 aromatic rings. The van der Waals surface area contributed by atoms with E-state index in [2.05, 4.69) is 14.9 Å². The number of benzene rings is 1. The second-order valence-electron chi connectivity index (χ2n) is 3.14. The zero-order valence-electron chi connectivity index (χ0n) is 8.25. The molecule has 0 saturated heterocycles. The van der Waals surface area contributed by atoms with E-state index >= 15 is 0 Å². The van der Waals surface area contributed by atoms with Gasteiger partial charge < -0.3 is 10.4 Å². The Morgan fingerprint density at radius 3 is 2.94 bits per heavy atom. The molecule has 1 aromatic heterocycles. The van der Waals surface area contributed by atoms with E-state index in [-0.39, 0.29) is 18.1 Å². The average molecular weight is 235 g/mol. The van der Waals surface area contributed by atoms with E-state index in [1.807, 2.05) is 0 Å². The minimum absolute atomic E-state index is 0.125. The molecule has 0 saturated carbocycles. The summed E-state index contributed by atoms with van der Waals surface area (Å²) in [5.41, 5.74) is 0.595. The number of carbonyl (C=O) groups is 1. The lowest BCUT2D eigenvalue weighted by molar-refractivity contribution is -0.115. The molecule has 0 fully saturated rings. The molecular weight excluding hydrogens is 226 g/mol. The SMILES string of the molecule is O=C(Cc1ccccc1O)Nc1cnns1. The highest BCUT2D eigenvalue weighted by atomic mass is 32.1. The van der Waals surface area contributed by atoms with Crippen LogP contribution in [0.25, 0.3) is 0 Å². The summed E-state index contributed by atoms with van der Waals surface area (Å²) >= 11 is 1.11. The lowest BCUT2D eigenvalue weighted by Gasteiger charge is -2.03. The summed E-state index contributed by atoms with van der Waals surface area (Å²) in [4.78, 5) is 11.6. The Labute approximate surface area is 95.9 Å². The lowest BCUT2D eigenvalue weighted by Crippen LogP contribution is -2.13. The van der Waals surface area contributed by atoms with Gasteiger partial charge in [0.1, 0.15) is 10.8 Å². The number of hydrogen-bond acceptors (Lipinski definition) is 5. The number of aromatic hydroxyl groups is 1. The minimum Gasteiger partial charge on any atom is -0.508 e. The number of amides is 1. The van der Waals surface area contributed by atoms with Gasteiger partial charge in [-0.1, -0.05) is 22.7 Å². The van der Waals surface area contributed by atoms with Crippen molar-refractivity contribution < 1.29 is 9.90 Å². The summed E-state index contributed by atoms with van der Waals surface area (Å²) in [5.74, 6) is -0.0763. The maximum absolute atomic E-state index is 11.6. The summed E-state index contributed by atoms with van der Waals surface area (Å²) < 4.78 is 3.63. The second kappa shape index (κ2) is 4.71. The lowest BCUT2D eigenvalue weighted by atomic mass is 10.1. The second-order valence-corrected chi connectivity index (χ2v) is 3.92. The van der Waals surface area contributed by atoms with Crippen LogP contribution in [0.4, 0.5) is 5.00 Å². The van der Waals surface area contributed by atoms with Crippen LogP contribution in [0.15, 0.2) is 30.5 Å². The van der Waals surface area contributed by atoms with E-state index in [1.54, 1.807) is 24.3 Å². The third kappa shape index (κ3) is 2.54. The minimum atomic E-state index is -0.201. The molecule has 0 aliphatic carbocycles. The van der Waals surface area contributed by atoms with Crippen LogP contribution in [0.2, 0.25) is 0 Å². The number of para-hydroxylation sites is 1. The predicted octanol–water partition coefficient (Wildman–Crippen LogP) is 1.42. The van der Waals surface area contributed by atoms with E-state index in [1.165, 1.54) is 6.20 Å². The predicted molar refractivity (Wildman–Crippen MR) is 60.3 cm³/mol. The fourth-order valence-electron chi connectivity index (χ4n) is 1.24. The Kier molecular flexibility index (Phi) is 3.11. The molecule has 0 aliphatic rings. The van der Waals surface area contributed by atoms with Crippen molar-refractivity contribution in [2.24, 2.45) is 0 Å². The van der Waals surface area contributed by atoms with Gasteiger partial charge in [-0.3, -0.25) is 4.79 Å². The van der Waals surface area contributed by atoms with Crippen molar-refractivity contribution in [2.45, 2.75) is 6.42 Å². The molecular formula is C10H9N3O2S. The number of carbonyl (C=O) groups excluding carboxylic acids is 1. The molecule has 0 radical (unpaired) electrons. The van der Waals surface area contributed by atoms with Gasteiger partial charge in [0.2, 0.25) is 5.91 Å². The fourth-order valence-corrected chi connectivity index (χ4v) is 1.67. The molecule has 0 bridgehead atoms. The summed E-state index contributed by atoms with van der Waals surface area (Å²) in [6.45, 7) is 0. The van der Waals surface area contributed by atoms with Gasteiger partial charge in [0, 0.05) is 17.1 Å². The van der Waals surface area contributed by atoms with Gasteiger partial charge in [-0.05, 0) is 6.07 Å². The standard InChI is InChI=1S/C10H9N3O2S/c14-8-4-2-1-3-7(8)5-9(15)12-10-6-11-13-16-10/h1-4,6,14H,5H2,(H,12,15). The third-order valence-corrected chi connectivity index (χ3v) is 2.55. The first kappa shape index (κ1) is 10.6. The van der Waals surface area contributed by atoms with Crippen LogP contribution in [-0.2, 0) is 11.2 Å². The number of nitrogens with zero attached hydrogens (tertiary/aromatic N) is 2. The maximum atomic E-state index is 11.6. The average Bonchev–Trinajstić information content (AvgIpc) is 2.74. The summed E-state index contributed by atoms with van der Waals surface area (Å²) in [7, 11) is 0. The highest BCUT2D eigenvalue weighted by molar-refractivity contribution is 7.10. The van der Waals surface area contributed by atoms with E-state index in [9.17, 15) is 9.90 Å². The molecule has 0 atom stereocenters. The van der Waals surface area contributed by atoms with Gasteiger partial charge in [0.25, 0.3) is 0 Å². The molecule has 16 heavy (non-hydrogen) atoms. The highest BCUT2D eigenvalue weighted by Crippen LogP contribution is 2.17. The first-order valence-corrected chi connectivity index (χ1v) is 5.37. The molecule has 2 rings (SSSR count). The monoisotopic (exact) mass is 235 g/mol. The van der Waals surface area contributed by atoms with Crippen LogP contribution in [0.1, 0.15) is 5.56 Å². The number of aromatic nitrogens is 2. The molecule has 1 aromatic carbocycles. The topological polar surface area (TPSA) is 75.1 Å². The van der Waals surface area contributed by atoms with Crippen LogP contribution >= 0.6 is 11.5 Å². The smallest absolute Gasteiger partial charge is 0.229 e. The van der Waals surface area contributed by atoms with Crippen molar-refractivity contribution >= 4 is 22.4 Å². The van der Waals surface area contributed by atoms with E-state index in [4.69, 9.17) is 0 Å². The molecule has 2 N–H and O–H groups in total. The summed E-state index contributed by atoms with van der Waals surface area (Å²) in [6, 6.07) is 6.75. The number of rotatable bonds is 3. The summed E-state index contributed by atoms with van der Waals surface area (Å²) in [5, 5.41) is 16.3. The number of nitrogens with one attached hydrogen (secondary N) is 1. The van der Waals surface area contributed by atoms with Gasteiger partial charge in [0.15, 0.2) is 0 Å². The van der Waals surface area contributed by atoms with Crippen molar-refractivity contribution in [3.8, 4) is 5.75 Å². The van der Waals surface area contributed by atoms with Crippen molar-refractivity contribution in [1.29, 1.82) is 0 Å². The number of hydrogen-bond donors (Lipinski definition) is 2. The van der Waals surface area contributed by atoms with E-state index < -0.39 is 0 Å². The van der Waals surface area contributed by atoms with Gasteiger partial charge in [-0.2, -0.15) is 0 Å². The third-order valence-electron chi connectivity index (χ3n) is 1.97. The molecule has 0 aliphatic heterocycles. The van der Waals surface area contributed by atoms with Crippen molar-refractivity contribution in [2.75, 3.05) is 5.32 Å². The Hall–Kier alpha value is -1.95. The first-order chi connectivity index (χ1) is 7.75. The van der Waals surface area contributed by atoms with Gasteiger partial charge in [0.05, 0.1) is 12.6 Å². The maximum Gasteiger partial charge on any atom is 0.229 e. The number of phenolic OH excluding ortho intramolecular Hbond substituents is 1. The molecule has 82 valence electrons. The highest BCUT2D eigenvalue weighted by Gasteiger charge is 2.08. The molecule has 0 spiro atoms. The molecule has 0 unspecified atom stereocenters. The van der Waals surface area contributed by atoms with Crippen LogP contribution in [0.3, 0.4) is 0 Å². The molecule has 1 heterocycles. The first-order valence-electron chi connectivity index (χ1n) is 4.60. The van der Waals surface area contributed by atoms with Crippen LogP contribution in [0.5, 0.6) is 5.75 Å². The quantitative estimate of drug-likeness (QED) is 0.843. The Morgan fingerprint density at radius 1 is 1.44 bits per heavy atom. The molecule has 1 amide bonds. The van der Waals surface area contributed by atoms with Gasteiger partial charge in [-0.25, -0.2) is 0 Å².